The van der Waals surface area contributed by atoms with Crippen molar-refractivity contribution < 1.29 is 28.5 Å². The molecule has 0 bridgehead atoms. The number of hydrogen-bond donors (Lipinski definition) is 0. The average molecular weight is 631 g/mol. The molecule has 0 unspecified atom stereocenters. The quantitative estimate of drug-likeness (QED) is 0.0590. The van der Waals surface area contributed by atoms with E-state index in [9.17, 15) is 9.59 Å². The maximum absolute atomic E-state index is 12.7. The molecular weight excluding hydrogens is 576 g/mol. The van der Waals surface area contributed by atoms with Gasteiger partial charge in [0.25, 0.3) is 0 Å². The fraction of sp³-hybridized carbons (Fsp3) is 0.500. The van der Waals surface area contributed by atoms with Crippen LogP contribution in [0.1, 0.15) is 125 Å². The van der Waals surface area contributed by atoms with E-state index in [4.69, 9.17) is 18.9 Å². The van der Waals surface area contributed by atoms with Gasteiger partial charge in [0.2, 0.25) is 0 Å². The Labute approximate surface area is 276 Å². The summed E-state index contributed by atoms with van der Waals surface area (Å²) in [5.41, 5.74) is 2.88. The van der Waals surface area contributed by atoms with Gasteiger partial charge in [-0.15, -0.1) is 0 Å². The summed E-state index contributed by atoms with van der Waals surface area (Å²) in [6.45, 7) is 8.00. The van der Waals surface area contributed by atoms with Gasteiger partial charge in [-0.1, -0.05) is 109 Å². The first-order chi connectivity index (χ1) is 22.5. The third-order valence-electron chi connectivity index (χ3n) is 8.08. The van der Waals surface area contributed by atoms with Gasteiger partial charge in [0, 0.05) is 6.61 Å². The molecule has 0 spiro atoms. The largest absolute Gasteiger partial charge is 0.494 e. The predicted octanol–water partition coefficient (Wildman–Crippen LogP) is 10.6. The Kier molecular flexibility index (Phi) is 17.6. The van der Waals surface area contributed by atoms with Gasteiger partial charge in [-0.2, -0.15) is 0 Å². The highest BCUT2D eigenvalue weighted by Gasteiger charge is 2.14. The molecule has 6 heteroatoms. The van der Waals surface area contributed by atoms with Gasteiger partial charge in [-0.05, 0) is 78.9 Å². The molecule has 0 radical (unpaired) electrons. The van der Waals surface area contributed by atoms with Gasteiger partial charge in [-0.25, -0.2) is 9.59 Å². The molecular formula is C40H54O6. The topological polar surface area (TPSA) is 71.1 Å². The van der Waals surface area contributed by atoms with Crippen molar-refractivity contribution in [2.45, 2.75) is 110 Å². The molecule has 0 aromatic heterocycles. The lowest BCUT2D eigenvalue weighted by molar-refractivity contribution is -0.0103. The van der Waals surface area contributed by atoms with Crippen LogP contribution >= 0.6 is 0 Å². The molecule has 0 aliphatic carbocycles. The molecule has 0 aliphatic rings. The van der Waals surface area contributed by atoms with Crippen LogP contribution in [0, 0.1) is 0 Å². The van der Waals surface area contributed by atoms with Gasteiger partial charge in [-0.3, -0.25) is 0 Å². The Hall–Kier alpha value is -3.64. The van der Waals surface area contributed by atoms with Crippen LogP contribution in [-0.2, 0) is 9.47 Å². The van der Waals surface area contributed by atoms with Crippen molar-refractivity contribution >= 4 is 11.9 Å². The maximum Gasteiger partial charge on any atom is 0.343 e. The van der Waals surface area contributed by atoms with Crippen molar-refractivity contribution in [1.82, 2.24) is 0 Å². The molecule has 0 saturated carbocycles. The zero-order valence-electron chi connectivity index (χ0n) is 28.3. The summed E-state index contributed by atoms with van der Waals surface area (Å²) in [6.07, 6.45) is 15.8. The normalized spacial score (nSPS) is 11.6. The molecule has 3 aromatic rings. The summed E-state index contributed by atoms with van der Waals surface area (Å²) in [7, 11) is 0. The molecule has 1 atom stereocenters. The number of ether oxygens (including phenoxy) is 4. The highest BCUT2D eigenvalue weighted by molar-refractivity contribution is 5.92. The molecule has 3 rings (SSSR count). The molecule has 0 heterocycles. The van der Waals surface area contributed by atoms with Gasteiger partial charge < -0.3 is 18.9 Å². The zero-order valence-corrected chi connectivity index (χ0v) is 28.3. The van der Waals surface area contributed by atoms with Gasteiger partial charge >= 0.3 is 11.9 Å². The number of carbonyl (C=O) groups excluding carboxylic acids is 2. The second kappa shape index (κ2) is 22.0. The van der Waals surface area contributed by atoms with Crippen LogP contribution in [0.15, 0.2) is 72.8 Å². The van der Waals surface area contributed by atoms with Crippen molar-refractivity contribution in [2.75, 3.05) is 19.8 Å². The molecule has 0 fully saturated rings. The standard InChI is InChI=1S/C40H54O6/c1-4-7-9-10-11-12-13-14-15-16-30-44-37-25-21-33(22-26-37)32-17-19-35(20-18-32)40(42)46-38-27-23-34(24-28-38)39(41)45-31-36(6-3)43-29-8-5-2/h17-28,36H,4-16,29-31H2,1-3H3/t36-/m0/s1. The van der Waals surface area contributed by atoms with E-state index >= 15 is 0 Å². The molecule has 3 aromatic carbocycles. The predicted molar refractivity (Wildman–Crippen MR) is 186 cm³/mol. The fourth-order valence-electron chi connectivity index (χ4n) is 5.08. The van der Waals surface area contributed by atoms with Crippen LogP contribution in [0.3, 0.4) is 0 Å². The summed E-state index contributed by atoms with van der Waals surface area (Å²) in [4.78, 5) is 25.2. The molecule has 250 valence electrons. The summed E-state index contributed by atoms with van der Waals surface area (Å²) >= 11 is 0. The number of esters is 2. The monoisotopic (exact) mass is 630 g/mol. The van der Waals surface area contributed by atoms with Crippen LogP contribution in [0.5, 0.6) is 11.5 Å². The molecule has 0 N–H and O–H groups in total. The Morgan fingerprint density at radius 2 is 1.04 bits per heavy atom. The minimum absolute atomic E-state index is 0.112. The Balaban J connectivity index is 1.37. The number of unbranched alkanes of at least 4 members (excludes halogenated alkanes) is 10. The Morgan fingerprint density at radius 1 is 0.543 bits per heavy atom. The van der Waals surface area contributed by atoms with E-state index in [0.717, 1.165) is 49.2 Å². The molecule has 46 heavy (non-hydrogen) atoms. The van der Waals surface area contributed by atoms with E-state index in [1.54, 1.807) is 36.4 Å². The molecule has 6 nitrogen and oxygen atoms in total. The lowest BCUT2D eigenvalue weighted by Crippen LogP contribution is -2.22. The summed E-state index contributed by atoms with van der Waals surface area (Å²) < 4.78 is 22.7. The number of rotatable bonds is 23. The number of hydrogen-bond acceptors (Lipinski definition) is 6. The minimum Gasteiger partial charge on any atom is -0.494 e. The van der Waals surface area contributed by atoms with Crippen LogP contribution in [0.25, 0.3) is 11.1 Å². The average Bonchev–Trinajstić information content (AvgIpc) is 3.09. The molecule has 0 saturated heterocycles. The first-order valence-corrected chi connectivity index (χ1v) is 17.5. The summed E-state index contributed by atoms with van der Waals surface area (Å²) in [5.74, 6) is 0.335. The maximum atomic E-state index is 12.7. The lowest BCUT2D eigenvalue weighted by atomic mass is 10.0. The van der Waals surface area contributed by atoms with Crippen molar-refractivity contribution in [2.24, 2.45) is 0 Å². The zero-order chi connectivity index (χ0) is 32.8. The van der Waals surface area contributed by atoms with Crippen molar-refractivity contribution in [3.63, 3.8) is 0 Å². The third-order valence-corrected chi connectivity index (χ3v) is 8.08. The van der Waals surface area contributed by atoms with E-state index in [-0.39, 0.29) is 12.7 Å². The third kappa shape index (κ3) is 13.8. The van der Waals surface area contributed by atoms with Crippen molar-refractivity contribution in [1.29, 1.82) is 0 Å². The van der Waals surface area contributed by atoms with Gasteiger partial charge in [0.15, 0.2) is 0 Å². The first kappa shape index (κ1) is 36.8. The SMILES string of the molecule is CCCCCCCCCCCCOc1ccc(-c2ccc(C(=O)Oc3ccc(C(=O)OC[C@H](CC)OCCCC)cc3)cc2)cc1. The second-order valence-electron chi connectivity index (χ2n) is 11.9. The molecule has 0 amide bonds. The lowest BCUT2D eigenvalue weighted by Gasteiger charge is -2.16. The van der Waals surface area contributed by atoms with Crippen LogP contribution in [0.4, 0.5) is 0 Å². The first-order valence-electron chi connectivity index (χ1n) is 17.5. The summed E-state index contributed by atoms with van der Waals surface area (Å²) in [5, 5.41) is 0. The van der Waals surface area contributed by atoms with Crippen molar-refractivity contribution in [3.8, 4) is 22.6 Å². The van der Waals surface area contributed by atoms with Gasteiger partial charge in [0.05, 0.1) is 23.8 Å². The van der Waals surface area contributed by atoms with Crippen LogP contribution in [-0.4, -0.2) is 37.9 Å². The number of carbonyl (C=O) groups is 2. The smallest absolute Gasteiger partial charge is 0.343 e. The Bertz CT molecular complexity index is 1250. The van der Waals surface area contributed by atoms with Crippen LogP contribution in [0.2, 0.25) is 0 Å². The van der Waals surface area contributed by atoms with Crippen molar-refractivity contribution in [3.05, 3.63) is 83.9 Å². The highest BCUT2D eigenvalue weighted by Crippen LogP contribution is 2.24. The Morgan fingerprint density at radius 3 is 1.63 bits per heavy atom. The summed E-state index contributed by atoms with van der Waals surface area (Å²) in [6, 6.07) is 21.8. The van der Waals surface area contributed by atoms with Crippen LogP contribution < -0.4 is 9.47 Å². The van der Waals surface area contributed by atoms with E-state index in [1.165, 1.54) is 57.8 Å². The van der Waals surface area contributed by atoms with E-state index in [2.05, 4.69) is 13.8 Å². The number of benzene rings is 3. The fourth-order valence-corrected chi connectivity index (χ4v) is 5.08. The molecule has 0 aliphatic heterocycles. The second-order valence-corrected chi connectivity index (χ2v) is 11.9. The van der Waals surface area contributed by atoms with E-state index in [1.807, 2.05) is 43.3 Å². The van der Waals surface area contributed by atoms with E-state index in [0.29, 0.717) is 23.5 Å². The van der Waals surface area contributed by atoms with E-state index < -0.39 is 11.9 Å². The highest BCUT2D eigenvalue weighted by atomic mass is 16.6. The minimum atomic E-state index is -0.465. The van der Waals surface area contributed by atoms with Gasteiger partial charge in [0.1, 0.15) is 18.1 Å².